The predicted octanol–water partition coefficient (Wildman–Crippen LogP) is 2.89. The molecule has 34 heavy (non-hydrogen) atoms. The Balaban J connectivity index is 1.22. The van der Waals surface area contributed by atoms with Gasteiger partial charge in [0.25, 0.3) is 11.8 Å². The van der Waals surface area contributed by atoms with E-state index in [4.69, 9.17) is 0 Å². The van der Waals surface area contributed by atoms with Gasteiger partial charge in [-0.25, -0.2) is 0 Å². The number of nitrogens with one attached hydrogen (secondary N) is 4. The Hall–Kier alpha value is -4.46. The highest BCUT2D eigenvalue weighted by Gasteiger charge is 2.13. The van der Waals surface area contributed by atoms with Crippen LogP contribution in [-0.2, 0) is 0 Å². The summed E-state index contributed by atoms with van der Waals surface area (Å²) in [5, 5.41) is 12.2. The van der Waals surface area contributed by atoms with E-state index in [0.717, 1.165) is 49.0 Å². The number of anilines is 2. The van der Waals surface area contributed by atoms with Crippen molar-refractivity contribution in [3.05, 3.63) is 95.1 Å². The van der Waals surface area contributed by atoms with E-state index >= 15 is 0 Å². The smallest absolute Gasteiger partial charge is 0.255 e. The zero-order valence-electron chi connectivity index (χ0n) is 18.5. The van der Waals surface area contributed by atoms with Crippen molar-refractivity contribution in [2.45, 2.75) is 0 Å². The minimum Gasteiger partial charge on any atom is -0.368 e. The topological polar surface area (TPSA) is 107 Å². The zero-order valence-corrected chi connectivity index (χ0v) is 18.5. The third-order valence-electron chi connectivity index (χ3n) is 5.57. The molecule has 0 bridgehead atoms. The molecule has 4 N–H and O–H groups in total. The minimum atomic E-state index is -0.255. The molecule has 8 nitrogen and oxygen atoms in total. The molecule has 0 unspecified atom stereocenters. The Morgan fingerprint density at radius 2 is 1.21 bits per heavy atom. The van der Waals surface area contributed by atoms with Gasteiger partial charge < -0.3 is 21.3 Å². The summed E-state index contributed by atoms with van der Waals surface area (Å²) in [6, 6.07) is 21.7. The molecule has 3 aromatic carbocycles. The van der Waals surface area contributed by atoms with Crippen LogP contribution in [0.4, 0.5) is 11.4 Å². The van der Waals surface area contributed by atoms with E-state index in [0.29, 0.717) is 22.5 Å². The lowest BCUT2D eigenvalue weighted by atomic mass is 10.1. The molecule has 0 atom stereocenters. The first kappa shape index (κ1) is 21.4. The maximum absolute atomic E-state index is 12.7. The van der Waals surface area contributed by atoms with E-state index in [2.05, 4.69) is 31.3 Å². The van der Waals surface area contributed by atoms with Crippen LogP contribution in [0.2, 0.25) is 0 Å². The summed E-state index contributed by atoms with van der Waals surface area (Å²) >= 11 is 0. The van der Waals surface area contributed by atoms with Crippen LogP contribution < -0.4 is 21.3 Å². The van der Waals surface area contributed by atoms with Crippen LogP contribution in [0.5, 0.6) is 0 Å². The van der Waals surface area contributed by atoms with E-state index in [1.165, 1.54) is 0 Å². The standard InChI is InChI=1S/C26H24N6O2/c33-25(19-6-4-17(5-7-19)23-27-12-13-28-23)32-22-3-1-2-20(16-22)26(34)31-21-10-8-18(9-11-21)24-29-14-15-30-24/h1-11,16H,12-15H2,(H,27,28)(H,29,30)(H,31,34)(H,32,33). The first-order valence-corrected chi connectivity index (χ1v) is 11.2. The molecule has 0 spiro atoms. The van der Waals surface area contributed by atoms with E-state index in [-0.39, 0.29) is 11.8 Å². The third-order valence-corrected chi connectivity index (χ3v) is 5.57. The van der Waals surface area contributed by atoms with Crippen molar-refractivity contribution >= 4 is 34.9 Å². The Morgan fingerprint density at radius 3 is 1.79 bits per heavy atom. The number of hydrogen-bond donors (Lipinski definition) is 4. The molecule has 0 radical (unpaired) electrons. The fraction of sp³-hybridized carbons (Fsp3) is 0.154. The number of rotatable bonds is 6. The van der Waals surface area contributed by atoms with Crippen molar-refractivity contribution in [2.75, 3.05) is 36.8 Å². The van der Waals surface area contributed by atoms with Crippen LogP contribution in [0.25, 0.3) is 0 Å². The fourth-order valence-corrected chi connectivity index (χ4v) is 3.82. The van der Waals surface area contributed by atoms with E-state index in [1.807, 2.05) is 36.4 Å². The van der Waals surface area contributed by atoms with Crippen molar-refractivity contribution < 1.29 is 9.59 Å². The van der Waals surface area contributed by atoms with Crippen molar-refractivity contribution in [1.29, 1.82) is 0 Å². The van der Waals surface area contributed by atoms with Gasteiger partial charge in [0.1, 0.15) is 11.7 Å². The van der Waals surface area contributed by atoms with Gasteiger partial charge in [-0.15, -0.1) is 0 Å². The second kappa shape index (κ2) is 9.58. The summed E-state index contributed by atoms with van der Waals surface area (Å²) in [6.45, 7) is 3.22. The molecule has 8 heteroatoms. The molecule has 0 saturated heterocycles. The monoisotopic (exact) mass is 452 g/mol. The molecule has 0 saturated carbocycles. The number of amidine groups is 2. The average molecular weight is 453 g/mol. The molecule has 170 valence electrons. The highest BCUT2D eigenvalue weighted by Crippen LogP contribution is 2.16. The van der Waals surface area contributed by atoms with Gasteiger partial charge in [0, 0.05) is 46.7 Å². The Kier molecular flexibility index (Phi) is 6.03. The Labute approximate surface area is 197 Å². The maximum atomic E-state index is 12.7. The summed E-state index contributed by atoms with van der Waals surface area (Å²) in [5.41, 5.74) is 4.14. The van der Waals surface area contributed by atoms with Crippen LogP contribution in [0.15, 0.2) is 82.8 Å². The SMILES string of the molecule is O=C(Nc1cccc(C(=O)Nc2ccc(C3=NCCN3)cc2)c1)c1ccc(C2=NCCN2)cc1. The molecule has 2 aliphatic heterocycles. The first-order valence-electron chi connectivity index (χ1n) is 11.2. The second-order valence-corrected chi connectivity index (χ2v) is 7.96. The van der Waals surface area contributed by atoms with Crippen molar-refractivity contribution in [1.82, 2.24) is 10.6 Å². The van der Waals surface area contributed by atoms with Crippen LogP contribution in [0, 0.1) is 0 Å². The first-order chi connectivity index (χ1) is 16.7. The average Bonchev–Trinajstić information content (AvgIpc) is 3.60. The molecule has 0 fully saturated rings. The Bertz CT molecular complexity index is 1280. The molecule has 2 aliphatic rings. The molecule has 2 heterocycles. The third kappa shape index (κ3) is 4.80. The van der Waals surface area contributed by atoms with Crippen molar-refractivity contribution in [3.8, 4) is 0 Å². The summed E-state index contributed by atoms with van der Waals surface area (Å²) in [6.07, 6.45) is 0. The maximum Gasteiger partial charge on any atom is 0.255 e. The van der Waals surface area contributed by atoms with E-state index < -0.39 is 0 Å². The normalized spacial score (nSPS) is 14.5. The number of nitrogens with zero attached hydrogens (tertiary/aromatic N) is 2. The summed E-state index contributed by atoms with van der Waals surface area (Å²) < 4.78 is 0. The van der Waals surface area contributed by atoms with Gasteiger partial charge in [-0.3, -0.25) is 19.6 Å². The van der Waals surface area contributed by atoms with Gasteiger partial charge in [0.2, 0.25) is 0 Å². The fourth-order valence-electron chi connectivity index (χ4n) is 3.82. The highest BCUT2D eigenvalue weighted by atomic mass is 16.2. The molecular formula is C26H24N6O2. The Morgan fingerprint density at radius 1 is 0.647 bits per heavy atom. The van der Waals surface area contributed by atoms with Gasteiger partial charge in [-0.2, -0.15) is 0 Å². The molecule has 5 rings (SSSR count). The lowest BCUT2D eigenvalue weighted by molar-refractivity contribution is 0.101. The van der Waals surface area contributed by atoms with Gasteiger partial charge in [0.05, 0.1) is 13.1 Å². The quantitative estimate of drug-likeness (QED) is 0.461. The van der Waals surface area contributed by atoms with Gasteiger partial charge in [-0.05, 0) is 54.6 Å². The van der Waals surface area contributed by atoms with Gasteiger partial charge in [0.15, 0.2) is 0 Å². The largest absolute Gasteiger partial charge is 0.368 e. The number of aliphatic imine (C=N–C) groups is 2. The van der Waals surface area contributed by atoms with E-state index in [9.17, 15) is 9.59 Å². The van der Waals surface area contributed by atoms with E-state index in [1.54, 1.807) is 36.4 Å². The summed E-state index contributed by atoms with van der Waals surface area (Å²) in [7, 11) is 0. The number of carbonyl (C=O) groups excluding carboxylic acids is 2. The molecule has 0 aliphatic carbocycles. The number of amides is 2. The number of benzene rings is 3. The van der Waals surface area contributed by atoms with Crippen LogP contribution in [0.1, 0.15) is 31.8 Å². The number of hydrogen-bond acceptors (Lipinski definition) is 6. The lowest BCUT2D eigenvalue weighted by Crippen LogP contribution is -2.19. The van der Waals surface area contributed by atoms with Crippen LogP contribution >= 0.6 is 0 Å². The number of carbonyl (C=O) groups is 2. The molecule has 0 aromatic heterocycles. The predicted molar refractivity (Wildman–Crippen MR) is 134 cm³/mol. The van der Waals surface area contributed by atoms with Gasteiger partial charge in [-0.1, -0.05) is 18.2 Å². The molecule has 3 aromatic rings. The highest BCUT2D eigenvalue weighted by molar-refractivity contribution is 6.08. The molecule has 2 amide bonds. The van der Waals surface area contributed by atoms with Crippen LogP contribution in [-0.4, -0.2) is 49.7 Å². The van der Waals surface area contributed by atoms with Gasteiger partial charge >= 0.3 is 0 Å². The second-order valence-electron chi connectivity index (χ2n) is 7.96. The molecular weight excluding hydrogens is 428 g/mol. The zero-order chi connectivity index (χ0) is 23.3. The van der Waals surface area contributed by atoms with Crippen LogP contribution in [0.3, 0.4) is 0 Å². The lowest BCUT2D eigenvalue weighted by Gasteiger charge is -2.10. The summed E-state index contributed by atoms with van der Waals surface area (Å²) in [4.78, 5) is 34.2. The summed E-state index contributed by atoms with van der Waals surface area (Å²) in [5.74, 6) is 1.23. The minimum absolute atomic E-state index is 0.246. The van der Waals surface area contributed by atoms with Crippen molar-refractivity contribution in [3.63, 3.8) is 0 Å². The van der Waals surface area contributed by atoms with Crippen molar-refractivity contribution in [2.24, 2.45) is 9.98 Å².